The summed E-state index contributed by atoms with van der Waals surface area (Å²) in [6.07, 6.45) is 1.49. The molecule has 1 atom stereocenters. The maximum Gasteiger partial charge on any atom is 0.112 e. The molecule has 0 nitrogen and oxygen atoms in total. The lowest BCUT2D eigenvalue weighted by molar-refractivity contribution is 0.394. The number of halogens is 1. The molecule has 1 unspecified atom stereocenters. The van der Waals surface area contributed by atoms with E-state index in [4.69, 9.17) is 0 Å². The second-order valence-corrected chi connectivity index (χ2v) is 2.59. The molecule has 1 aliphatic carbocycles. The van der Waals surface area contributed by atoms with Gasteiger partial charge < -0.3 is 0 Å². The van der Waals surface area contributed by atoms with E-state index >= 15 is 0 Å². The molecule has 0 aliphatic heterocycles. The van der Waals surface area contributed by atoms with E-state index in [9.17, 15) is 4.39 Å². The lowest BCUT2D eigenvalue weighted by Gasteiger charge is -1.92. The second kappa shape index (κ2) is 2.08. The fourth-order valence-electron chi connectivity index (χ4n) is 1.35. The van der Waals surface area contributed by atoms with Crippen LogP contribution in [-0.2, 0) is 6.42 Å². The second-order valence-electron chi connectivity index (χ2n) is 2.59. The van der Waals surface area contributed by atoms with Crippen LogP contribution in [0, 0.1) is 6.42 Å². The molecule has 10 heavy (non-hydrogen) atoms. The number of benzene rings is 1. The first-order chi connectivity index (χ1) is 4.86. The third-order valence-corrected chi connectivity index (χ3v) is 1.83. The van der Waals surface area contributed by atoms with Crippen molar-refractivity contribution >= 4 is 0 Å². The Morgan fingerprint density at radius 1 is 1.30 bits per heavy atom. The minimum atomic E-state index is -0.752. The zero-order valence-electron chi connectivity index (χ0n) is 5.55. The van der Waals surface area contributed by atoms with Crippen LogP contribution in [0.15, 0.2) is 24.3 Å². The predicted octanol–water partition coefficient (Wildman–Crippen LogP) is 2.13. The van der Waals surface area contributed by atoms with Crippen molar-refractivity contribution in [2.75, 3.05) is 0 Å². The number of rotatable bonds is 0. The van der Waals surface area contributed by atoms with Crippen LogP contribution >= 0.6 is 0 Å². The van der Waals surface area contributed by atoms with Gasteiger partial charge in [-0.25, -0.2) is 4.39 Å². The van der Waals surface area contributed by atoms with Gasteiger partial charge in [0.2, 0.25) is 0 Å². The van der Waals surface area contributed by atoms with Gasteiger partial charge in [-0.15, -0.1) is 0 Å². The summed E-state index contributed by atoms with van der Waals surface area (Å²) in [6.45, 7) is 0. The Hall–Kier alpha value is -0.850. The fourth-order valence-corrected chi connectivity index (χ4v) is 1.35. The molecule has 1 aromatic carbocycles. The quantitative estimate of drug-likeness (QED) is 0.511. The number of hydrogen-bond acceptors (Lipinski definition) is 0. The molecule has 0 spiro atoms. The Labute approximate surface area is 59.7 Å². The van der Waals surface area contributed by atoms with Gasteiger partial charge >= 0.3 is 0 Å². The van der Waals surface area contributed by atoms with Gasteiger partial charge in [0.1, 0.15) is 6.17 Å². The molecule has 1 heteroatoms. The van der Waals surface area contributed by atoms with Crippen molar-refractivity contribution < 1.29 is 4.39 Å². The Morgan fingerprint density at radius 2 is 2.10 bits per heavy atom. The van der Waals surface area contributed by atoms with E-state index in [-0.39, 0.29) is 0 Å². The zero-order valence-corrected chi connectivity index (χ0v) is 5.55. The zero-order chi connectivity index (χ0) is 6.97. The van der Waals surface area contributed by atoms with Crippen molar-refractivity contribution in [2.24, 2.45) is 0 Å². The Balaban J connectivity index is 2.42. The van der Waals surface area contributed by atoms with Crippen LogP contribution < -0.4 is 0 Å². The third kappa shape index (κ3) is 0.821. The molecular formula is C9H8F. The standard InChI is InChI=1S/C9H8F/c10-9-5-7-3-1-2-4-8(7)6-9/h1-5,9H,6H2. The summed E-state index contributed by atoms with van der Waals surface area (Å²) in [7, 11) is 0. The van der Waals surface area contributed by atoms with Crippen LogP contribution in [0.5, 0.6) is 0 Å². The molecule has 0 fully saturated rings. The van der Waals surface area contributed by atoms with E-state index in [2.05, 4.69) is 0 Å². The molecule has 0 amide bonds. The molecule has 0 saturated heterocycles. The topological polar surface area (TPSA) is 0 Å². The largest absolute Gasteiger partial charge is 0.246 e. The molecule has 51 valence electrons. The van der Waals surface area contributed by atoms with Gasteiger partial charge in [0, 0.05) is 12.8 Å². The highest BCUT2D eigenvalue weighted by Gasteiger charge is 2.19. The highest BCUT2D eigenvalue weighted by Crippen LogP contribution is 2.24. The summed E-state index contributed by atoms with van der Waals surface area (Å²) in [5.41, 5.74) is 2.20. The summed E-state index contributed by atoms with van der Waals surface area (Å²) >= 11 is 0. The Bertz CT molecular complexity index is 217. The van der Waals surface area contributed by atoms with E-state index in [1.54, 1.807) is 6.42 Å². The van der Waals surface area contributed by atoms with Crippen molar-refractivity contribution in [1.29, 1.82) is 0 Å². The van der Waals surface area contributed by atoms with Crippen LogP contribution in [0.1, 0.15) is 11.1 Å². The van der Waals surface area contributed by atoms with Crippen LogP contribution in [0.3, 0.4) is 0 Å². The molecule has 1 aliphatic rings. The monoisotopic (exact) mass is 135 g/mol. The highest BCUT2D eigenvalue weighted by atomic mass is 19.1. The van der Waals surface area contributed by atoms with Crippen molar-refractivity contribution in [3.8, 4) is 0 Å². The normalized spacial score (nSPS) is 17.3. The van der Waals surface area contributed by atoms with E-state index in [0.29, 0.717) is 6.42 Å². The van der Waals surface area contributed by atoms with E-state index < -0.39 is 6.17 Å². The SMILES string of the molecule is FC1[CH]c2ccccc2C1. The summed E-state index contributed by atoms with van der Waals surface area (Å²) in [5.74, 6) is 0. The Morgan fingerprint density at radius 3 is 2.90 bits per heavy atom. The average molecular weight is 135 g/mol. The highest BCUT2D eigenvalue weighted by molar-refractivity contribution is 5.39. The van der Waals surface area contributed by atoms with Crippen molar-refractivity contribution in [3.05, 3.63) is 41.8 Å². The summed E-state index contributed by atoms with van der Waals surface area (Å²) in [6, 6.07) is 7.82. The summed E-state index contributed by atoms with van der Waals surface area (Å²) < 4.78 is 12.7. The molecular weight excluding hydrogens is 127 g/mol. The minimum absolute atomic E-state index is 0.566. The minimum Gasteiger partial charge on any atom is -0.246 e. The predicted molar refractivity (Wildman–Crippen MR) is 38.4 cm³/mol. The molecule has 1 radical (unpaired) electrons. The number of hydrogen-bond donors (Lipinski definition) is 0. The van der Waals surface area contributed by atoms with Gasteiger partial charge in [-0.2, -0.15) is 0 Å². The van der Waals surface area contributed by atoms with Crippen LogP contribution in [-0.4, -0.2) is 6.17 Å². The maximum atomic E-state index is 12.7. The van der Waals surface area contributed by atoms with Crippen LogP contribution in [0.4, 0.5) is 4.39 Å². The molecule has 2 rings (SSSR count). The Kier molecular flexibility index (Phi) is 1.23. The first-order valence-corrected chi connectivity index (χ1v) is 3.43. The first kappa shape index (κ1) is 5.90. The first-order valence-electron chi connectivity index (χ1n) is 3.43. The molecule has 0 aromatic heterocycles. The van der Waals surface area contributed by atoms with Crippen LogP contribution in [0.25, 0.3) is 0 Å². The van der Waals surface area contributed by atoms with Gasteiger partial charge in [0.25, 0.3) is 0 Å². The molecule has 0 bridgehead atoms. The maximum absolute atomic E-state index is 12.7. The molecule has 0 heterocycles. The van der Waals surface area contributed by atoms with Crippen molar-refractivity contribution in [3.63, 3.8) is 0 Å². The van der Waals surface area contributed by atoms with Crippen molar-refractivity contribution in [1.82, 2.24) is 0 Å². The lowest BCUT2D eigenvalue weighted by Crippen LogP contribution is -1.93. The molecule has 0 N–H and O–H groups in total. The lowest BCUT2D eigenvalue weighted by atomic mass is 10.1. The average Bonchev–Trinajstić information content (AvgIpc) is 2.27. The fraction of sp³-hybridized carbons (Fsp3) is 0.222. The van der Waals surface area contributed by atoms with Crippen LogP contribution in [0.2, 0.25) is 0 Å². The number of fused-ring (bicyclic) bond motifs is 1. The van der Waals surface area contributed by atoms with Gasteiger partial charge in [-0.3, -0.25) is 0 Å². The van der Waals surface area contributed by atoms with Gasteiger partial charge in [0.15, 0.2) is 0 Å². The van der Waals surface area contributed by atoms with Gasteiger partial charge in [0.05, 0.1) is 0 Å². The molecule has 1 aromatic rings. The van der Waals surface area contributed by atoms with Gasteiger partial charge in [-0.1, -0.05) is 24.3 Å². The van der Waals surface area contributed by atoms with E-state index in [1.165, 1.54) is 0 Å². The summed E-state index contributed by atoms with van der Waals surface area (Å²) in [4.78, 5) is 0. The third-order valence-electron chi connectivity index (χ3n) is 1.83. The molecule has 0 saturated carbocycles. The van der Waals surface area contributed by atoms with Crippen molar-refractivity contribution in [2.45, 2.75) is 12.6 Å². The number of alkyl halides is 1. The van der Waals surface area contributed by atoms with E-state index in [0.717, 1.165) is 11.1 Å². The van der Waals surface area contributed by atoms with E-state index in [1.807, 2.05) is 24.3 Å². The summed E-state index contributed by atoms with van der Waals surface area (Å²) in [5, 5.41) is 0. The smallest absolute Gasteiger partial charge is 0.112 e. The van der Waals surface area contributed by atoms with Gasteiger partial charge in [-0.05, 0) is 11.1 Å².